The SMILES string of the molecule is Cc1ccc(-c2csc(NC(=O)c3ccc(CSc4nccn4C)o3)n2)cc1. The zero-order valence-corrected chi connectivity index (χ0v) is 17.0. The summed E-state index contributed by atoms with van der Waals surface area (Å²) in [5.74, 6) is 1.28. The number of thiazole rings is 1. The van der Waals surface area contributed by atoms with Gasteiger partial charge >= 0.3 is 0 Å². The van der Waals surface area contributed by atoms with Gasteiger partial charge in [0.15, 0.2) is 16.0 Å². The van der Waals surface area contributed by atoms with Crippen LogP contribution in [-0.4, -0.2) is 20.4 Å². The Morgan fingerprint density at radius 1 is 1.25 bits per heavy atom. The minimum atomic E-state index is -0.307. The van der Waals surface area contributed by atoms with E-state index >= 15 is 0 Å². The lowest BCUT2D eigenvalue weighted by Crippen LogP contribution is -2.10. The monoisotopic (exact) mass is 410 g/mol. The van der Waals surface area contributed by atoms with Crippen molar-refractivity contribution in [1.29, 1.82) is 0 Å². The van der Waals surface area contributed by atoms with Gasteiger partial charge in [0.1, 0.15) is 5.76 Å². The predicted molar refractivity (Wildman–Crippen MR) is 112 cm³/mol. The first-order valence-electron chi connectivity index (χ1n) is 8.61. The van der Waals surface area contributed by atoms with Crippen molar-refractivity contribution in [3.8, 4) is 11.3 Å². The zero-order chi connectivity index (χ0) is 19.5. The van der Waals surface area contributed by atoms with Gasteiger partial charge in [-0.3, -0.25) is 10.1 Å². The van der Waals surface area contributed by atoms with Crippen molar-refractivity contribution >= 4 is 34.1 Å². The third-order valence-electron chi connectivity index (χ3n) is 4.08. The van der Waals surface area contributed by atoms with E-state index in [4.69, 9.17) is 4.42 Å². The zero-order valence-electron chi connectivity index (χ0n) is 15.4. The standard InChI is InChI=1S/C20H18N4O2S2/c1-13-3-5-14(6-4-13)16-12-27-19(22-16)23-18(25)17-8-7-15(26-17)11-28-20-21-9-10-24(20)2/h3-10,12H,11H2,1-2H3,(H,22,23,25). The highest BCUT2D eigenvalue weighted by atomic mass is 32.2. The normalized spacial score (nSPS) is 10.9. The van der Waals surface area contributed by atoms with E-state index in [2.05, 4.69) is 15.3 Å². The minimum Gasteiger partial charge on any atom is -0.455 e. The molecule has 0 aliphatic heterocycles. The average Bonchev–Trinajstić information content (AvgIpc) is 3.42. The molecule has 0 bridgehead atoms. The van der Waals surface area contributed by atoms with E-state index in [1.54, 1.807) is 24.0 Å². The van der Waals surface area contributed by atoms with Gasteiger partial charge in [-0.25, -0.2) is 9.97 Å². The number of aromatic nitrogens is 3. The van der Waals surface area contributed by atoms with Gasteiger partial charge < -0.3 is 8.98 Å². The van der Waals surface area contributed by atoms with Crippen LogP contribution < -0.4 is 5.32 Å². The molecule has 1 amide bonds. The van der Waals surface area contributed by atoms with Gasteiger partial charge in [0.05, 0.1) is 11.4 Å². The second-order valence-corrected chi connectivity index (χ2v) is 8.03. The van der Waals surface area contributed by atoms with Crippen molar-refractivity contribution < 1.29 is 9.21 Å². The number of imidazole rings is 1. The molecule has 1 N–H and O–H groups in total. The van der Waals surface area contributed by atoms with Crippen molar-refractivity contribution in [2.75, 3.05) is 5.32 Å². The number of nitrogens with zero attached hydrogens (tertiary/aromatic N) is 3. The Balaban J connectivity index is 1.38. The Hall–Kier alpha value is -2.84. The molecule has 1 aromatic carbocycles. The fourth-order valence-corrected chi connectivity index (χ4v) is 4.09. The van der Waals surface area contributed by atoms with Crippen molar-refractivity contribution in [3.63, 3.8) is 0 Å². The van der Waals surface area contributed by atoms with Crippen molar-refractivity contribution in [1.82, 2.24) is 14.5 Å². The second kappa shape index (κ2) is 8.04. The third-order valence-corrected chi connectivity index (χ3v) is 5.92. The Bertz CT molecular complexity index is 1100. The molecule has 6 nitrogen and oxygen atoms in total. The largest absolute Gasteiger partial charge is 0.455 e. The summed E-state index contributed by atoms with van der Waals surface area (Å²) in [6, 6.07) is 11.6. The molecule has 0 saturated carbocycles. The predicted octanol–water partition coefficient (Wildman–Crippen LogP) is 4.99. The highest BCUT2D eigenvalue weighted by Gasteiger charge is 2.14. The molecule has 28 heavy (non-hydrogen) atoms. The molecule has 0 unspecified atom stereocenters. The summed E-state index contributed by atoms with van der Waals surface area (Å²) < 4.78 is 7.61. The molecule has 3 heterocycles. The van der Waals surface area contributed by atoms with Gasteiger partial charge in [-0.2, -0.15) is 0 Å². The summed E-state index contributed by atoms with van der Waals surface area (Å²) in [7, 11) is 1.94. The molecule has 4 rings (SSSR count). The summed E-state index contributed by atoms with van der Waals surface area (Å²) in [5, 5.41) is 6.17. The highest BCUT2D eigenvalue weighted by Crippen LogP contribution is 2.26. The molecule has 0 saturated heterocycles. The van der Waals surface area contributed by atoms with Crippen LogP contribution in [0.25, 0.3) is 11.3 Å². The number of carbonyl (C=O) groups excluding carboxylic acids is 1. The third kappa shape index (κ3) is 4.18. The number of furan rings is 1. The number of hydrogen-bond acceptors (Lipinski definition) is 6. The van der Waals surface area contributed by atoms with E-state index in [1.165, 1.54) is 16.9 Å². The maximum Gasteiger partial charge on any atom is 0.293 e. The summed E-state index contributed by atoms with van der Waals surface area (Å²) in [5.41, 5.74) is 3.06. The highest BCUT2D eigenvalue weighted by molar-refractivity contribution is 7.98. The fraction of sp³-hybridized carbons (Fsp3) is 0.150. The Kier molecular flexibility index (Phi) is 5.31. The van der Waals surface area contributed by atoms with Crippen LogP contribution >= 0.6 is 23.1 Å². The van der Waals surface area contributed by atoms with Crippen molar-refractivity contribution in [3.05, 3.63) is 71.3 Å². The molecule has 8 heteroatoms. The molecule has 0 spiro atoms. The van der Waals surface area contributed by atoms with E-state index < -0.39 is 0 Å². The van der Waals surface area contributed by atoms with E-state index in [0.717, 1.165) is 22.2 Å². The lowest BCUT2D eigenvalue weighted by Gasteiger charge is -2.00. The van der Waals surface area contributed by atoms with Gasteiger partial charge in [0.25, 0.3) is 5.91 Å². The minimum absolute atomic E-state index is 0.266. The van der Waals surface area contributed by atoms with Crippen molar-refractivity contribution in [2.45, 2.75) is 17.8 Å². The van der Waals surface area contributed by atoms with Crippen molar-refractivity contribution in [2.24, 2.45) is 7.05 Å². The number of hydrogen-bond donors (Lipinski definition) is 1. The summed E-state index contributed by atoms with van der Waals surface area (Å²) >= 11 is 2.94. The first-order valence-corrected chi connectivity index (χ1v) is 10.5. The molecular formula is C20H18N4O2S2. The van der Waals surface area contributed by atoms with E-state index in [9.17, 15) is 4.79 Å². The van der Waals surface area contributed by atoms with E-state index in [0.29, 0.717) is 10.9 Å². The summed E-state index contributed by atoms with van der Waals surface area (Å²) in [6.07, 6.45) is 3.64. The Morgan fingerprint density at radius 3 is 2.82 bits per heavy atom. The van der Waals surface area contributed by atoms with Crippen LogP contribution in [-0.2, 0) is 12.8 Å². The van der Waals surface area contributed by atoms with Crippen LogP contribution in [0.4, 0.5) is 5.13 Å². The first kappa shape index (κ1) is 18.5. The van der Waals surface area contributed by atoms with Crippen LogP contribution in [0.5, 0.6) is 0 Å². The lowest BCUT2D eigenvalue weighted by molar-refractivity contribution is 0.0995. The molecule has 0 fully saturated rings. The molecular weight excluding hydrogens is 392 g/mol. The average molecular weight is 411 g/mol. The van der Waals surface area contributed by atoms with E-state index in [1.807, 2.05) is 60.4 Å². The maximum absolute atomic E-state index is 12.4. The van der Waals surface area contributed by atoms with Crippen LogP contribution in [0.15, 0.2) is 63.7 Å². The van der Waals surface area contributed by atoms with Crippen LogP contribution in [0.3, 0.4) is 0 Å². The number of amides is 1. The second-order valence-electron chi connectivity index (χ2n) is 6.23. The topological polar surface area (TPSA) is 73.0 Å². The van der Waals surface area contributed by atoms with Crippen LogP contribution in [0.2, 0.25) is 0 Å². The number of anilines is 1. The maximum atomic E-state index is 12.4. The number of thioether (sulfide) groups is 1. The smallest absolute Gasteiger partial charge is 0.293 e. The van der Waals surface area contributed by atoms with Gasteiger partial charge in [-0.1, -0.05) is 41.6 Å². The molecule has 0 aliphatic rings. The fourth-order valence-electron chi connectivity index (χ4n) is 2.55. The van der Waals surface area contributed by atoms with Crippen LogP contribution in [0, 0.1) is 6.92 Å². The molecule has 0 atom stereocenters. The Labute approximate surface area is 170 Å². The number of rotatable bonds is 6. The first-order chi connectivity index (χ1) is 13.6. The molecule has 3 aromatic heterocycles. The van der Waals surface area contributed by atoms with Crippen LogP contribution in [0.1, 0.15) is 21.9 Å². The molecule has 142 valence electrons. The van der Waals surface area contributed by atoms with Gasteiger partial charge in [-0.05, 0) is 19.1 Å². The van der Waals surface area contributed by atoms with Gasteiger partial charge in [0.2, 0.25) is 0 Å². The Morgan fingerprint density at radius 2 is 2.07 bits per heavy atom. The number of carbonyl (C=O) groups is 1. The summed E-state index contributed by atoms with van der Waals surface area (Å²) in [6.45, 7) is 2.04. The number of benzene rings is 1. The molecule has 0 aliphatic carbocycles. The lowest BCUT2D eigenvalue weighted by atomic mass is 10.1. The van der Waals surface area contributed by atoms with E-state index in [-0.39, 0.29) is 11.7 Å². The van der Waals surface area contributed by atoms with Gasteiger partial charge in [0, 0.05) is 30.4 Å². The number of aryl methyl sites for hydroxylation is 2. The summed E-state index contributed by atoms with van der Waals surface area (Å²) in [4.78, 5) is 21.2. The number of nitrogens with one attached hydrogen (secondary N) is 1. The molecule has 0 radical (unpaired) electrons. The van der Waals surface area contributed by atoms with Gasteiger partial charge in [-0.15, -0.1) is 11.3 Å². The quantitative estimate of drug-likeness (QED) is 0.453. The molecule has 4 aromatic rings.